The van der Waals surface area contributed by atoms with Crippen molar-refractivity contribution in [2.24, 2.45) is 0 Å². The Morgan fingerprint density at radius 1 is 0.481 bits per heavy atom. The lowest BCUT2D eigenvalue weighted by Gasteiger charge is -2.18. The molecule has 0 heterocycles. The first kappa shape index (κ1) is 52.3. The molecule has 2 N–H and O–H groups in total. The highest BCUT2D eigenvalue weighted by atomic mass is 31.2. The fraction of sp³-hybridized carbons (Fsp3) is 0.822. The molecule has 9 heteroatoms. The van der Waals surface area contributed by atoms with E-state index in [-0.39, 0.29) is 19.4 Å². The van der Waals surface area contributed by atoms with Gasteiger partial charge in [-0.2, -0.15) is 0 Å². The third-order valence-electron chi connectivity index (χ3n) is 9.66. The zero-order valence-electron chi connectivity index (χ0n) is 34.9. The first-order chi connectivity index (χ1) is 26.3. The summed E-state index contributed by atoms with van der Waals surface area (Å²) in [5.41, 5.74) is 0. The minimum atomic E-state index is -4.76. The fourth-order valence-corrected chi connectivity index (χ4v) is 6.68. The zero-order chi connectivity index (χ0) is 39.6. The van der Waals surface area contributed by atoms with Crippen molar-refractivity contribution in [2.45, 2.75) is 225 Å². The first-order valence-corrected chi connectivity index (χ1v) is 23.8. The van der Waals surface area contributed by atoms with Crippen LogP contribution in [0.15, 0.2) is 36.5 Å². The van der Waals surface area contributed by atoms with Gasteiger partial charge in [-0.25, -0.2) is 4.57 Å². The van der Waals surface area contributed by atoms with Gasteiger partial charge in [0.25, 0.3) is 0 Å². The highest BCUT2D eigenvalue weighted by molar-refractivity contribution is 7.46. The molecule has 316 valence electrons. The van der Waals surface area contributed by atoms with Crippen LogP contribution < -0.4 is 0 Å². The van der Waals surface area contributed by atoms with Gasteiger partial charge in [0.15, 0.2) is 6.10 Å². The third kappa shape index (κ3) is 43.0. The number of hydrogen-bond acceptors (Lipinski definition) is 6. The van der Waals surface area contributed by atoms with Crippen LogP contribution in [0.3, 0.4) is 0 Å². The molecule has 54 heavy (non-hydrogen) atoms. The maximum atomic E-state index is 12.4. The molecule has 0 spiro atoms. The molecule has 1 atom stereocenters. The predicted molar refractivity (Wildman–Crippen MR) is 225 cm³/mol. The van der Waals surface area contributed by atoms with Crippen LogP contribution in [0.2, 0.25) is 0 Å². The topological polar surface area (TPSA) is 119 Å². The van der Waals surface area contributed by atoms with Gasteiger partial charge in [-0.1, -0.05) is 192 Å². The lowest BCUT2D eigenvalue weighted by molar-refractivity contribution is -0.161. The molecule has 0 aromatic rings. The molecule has 0 aliphatic heterocycles. The SMILES string of the molecule is CCCCC/C=C\C/C=C\C/C=C\CCCCCCCCC(=O)OC(COC(=O)CCCCCCCCCCCCCCCCCCC)COP(=O)(O)O. The van der Waals surface area contributed by atoms with Gasteiger partial charge in [-0.3, -0.25) is 14.1 Å². The summed E-state index contributed by atoms with van der Waals surface area (Å²) < 4.78 is 26.4. The van der Waals surface area contributed by atoms with E-state index in [1.165, 1.54) is 116 Å². The van der Waals surface area contributed by atoms with Gasteiger partial charge in [0.05, 0.1) is 6.61 Å². The molecule has 0 aliphatic rings. The molecule has 8 nitrogen and oxygen atoms in total. The largest absolute Gasteiger partial charge is 0.469 e. The molecular formula is C45H83O8P. The monoisotopic (exact) mass is 783 g/mol. The maximum Gasteiger partial charge on any atom is 0.469 e. The lowest BCUT2D eigenvalue weighted by atomic mass is 10.0. The summed E-state index contributed by atoms with van der Waals surface area (Å²) in [7, 11) is -4.76. The van der Waals surface area contributed by atoms with Gasteiger partial charge in [0, 0.05) is 12.8 Å². The molecule has 0 aromatic carbocycles. The summed E-state index contributed by atoms with van der Waals surface area (Å²) in [5.74, 6) is -0.891. The summed E-state index contributed by atoms with van der Waals surface area (Å²) in [6.07, 6.45) is 48.6. The molecule has 0 saturated heterocycles. The van der Waals surface area contributed by atoms with Gasteiger partial charge >= 0.3 is 19.8 Å². The maximum absolute atomic E-state index is 12.4. The second kappa shape index (κ2) is 40.9. The Morgan fingerprint density at radius 2 is 0.833 bits per heavy atom. The molecule has 0 saturated carbocycles. The van der Waals surface area contributed by atoms with Crippen molar-refractivity contribution in [3.8, 4) is 0 Å². The molecule has 0 radical (unpaired) electrons. The smallest absolute Gasteiger partial charge is 0.462 e. The number of hydrogen-bond donors (Lipinski definition) is 2. The van der Waals surface area contributed by atoms with Crippen LogP contribution in [0.25, 0.3) is 0 Å². The molecule has 0 rings (SSSR count). The van der Waals surface area contributed by atoms with Gasteiger partial charge < -0.3 is 19.3 Å². The van der Waals surface area contributed by atoms with Gasteiger partial charge in [-0.15, -0.1) is 0 Å². The first-order valence-electron chi connectivity index (χ1n) is 22.3. The Balaban J connectivity index is 3.90. The van der Waals surface area contributed by atoms with E-state index in [2.05, 4.69) is 54.8 Å². The number of phosphoric acid groups is 1. The van der Waals surface area contributed by atoms with Gasteiger partial charge in [0.2, 0.25) is 0 Å². The lowest BCUT2D eigenvalue weighted by Crippen LogP contribution is -2.29. The summed E-state index contributed by atoms with van der Waals surface area (Å²) in [4.78, 5) is 42.9. The van der Waals surface area contributed by atoms with E-state index in [1.807, 2.05) is 0 Å². The number of allylic oxidation sites excluding steroid dienone is 6. The van der Waals surface area contributed by atoms with Crippen LogP contribution in [0, 0.1) is 0 Å². The van der Waals surface area contributed by atoms with Crippen LogP contribution in [-0.2, 0) is 28.2 Å². The van der Waals surface area contributed by atoms with E-state index >= 15 is 0 Å². The number of esters is 2. The van der Waals surface area contributed by atoms with Crippen molar-refractivity contribution in [3.63, 3.8) is 0 Å². The van der Waals surface area contributed by atoms with E-state index in [0.717, 1.165) is 70.6 Å². The summed E-state index contributed by atoms with van der Waals surface area (Å²) in [5, 5.41) is 0. The molecule has 0 aromatic heterocycles. The van der Waals surface area contributed by atoms with Crippen molar-refractivity contribution in [2.75, 3.05) is 13.2 Å². The highest BCUT2D eigenvalue weighted by Gasteiger charge is 2.22. The molecule has 1 unspecified atom stereocenters. The van der Waals surface area contributed by atoms with Crippen molar-refractivity contribution >= 4 is 19.8 Å². The summed E-state index contributed by atoms with van der Waals surface area (Å²) in [6, 6.07) is 0. The highest BCUT2D eigenvalue weighted by Crippen LogP contribution is 2.36. The average molecular weight is 783 g/mol. The molecular weight excluding hydrogens is 699 g/mol. The Hall–Kier alpha value is -1.73. The normalized spacial score (nSPS) is 12.7. The number of phosphoric ester groups is 1. The Bertz CT molecular complexity index is 973. The average Bonchev–Trinajstić information content (AvgIpc) is 3.14. The third-order valence-corrected chi connectivity index (χ3v) is 10.1. The van der Waals surface area contributed by atoms with E-state index in [0.29, 0.717) is 6.42 Å². The number of unbranched alkanes of at least 4 members (excludes halogenated alkanes) is 25. The standard InChI is InChI=1S/C45H83O8P/c1-3-5-7-9-11-13-15-17-19-21-22-24-26-28-30-32-34-36-38-40-45(47)53-43(42-52-54(48,49)50)41-51-44(46)39-37-35-33-31-29-27-25-23-20-18-16-14-12-10-8-6-4-2/h11,13,17,19,22,24,43H,3-10,12,14-16,18,20-21,23,25-42H2,1-2H3,(H2,48,49,50)/b13-11-,19-17-,24-22-. The van der Waals surface area contributed by atoms with E-state index in [4.69, 9.17) is 19.3 Å². The van der Waals surface area contributed by atoms with E-state index in [1.54, 1.807) is 0 Å². The number of rotatable bonds is 41. The minimum absolute atomic E-state index is 0.199. The Kier molecular flexibility index (Phi) is 39.6. The quantitative estimate of drug-likeness (QED) is 0.0272. The molecule has 0 aliphatic carbocycles. The predicted octanol–water partition coefficient (Wildman–Crippen LogP) is 13.7. The number of carbonyl (C=O) groups excluding carboxylic acids is 2. The van der Waals surface area contributed by atoms with Crippen LogP contribution in [0.4, 0.5) is 0 Å². The van der Waals surface area contributed by atoms with Crippen LogP contribution in [-0.4, -0.2) is 41.0 Å². The minimum Gasteiger partial charge on any atom is -0.462 e. The summed E-state index contributed by atoms with van der Waals surface area (Å²) >= 11 is 0. The molecule has 0 amide bonds. The molecule has 0 fully saturated rings. The second-order valence-electron chi connectivity index (χ2n) is 15.0. The van der Waals surface area contributed by atoms with E-state index < -0.39 is 32.5 Å². The van der Waals surface area contributed by atoms with Crippen LogP contribution in [0.5, 0.6) is 0 Å². The summed E-state index contributed by atoms with van der Waals surface area (Å²) in [6.45, 7) is 3.67. The van der Waals surface area contributed by atoms with Crippen molar-refractivity contribution in [1.82, 2.24) is 0 Å². The molecule has 0 bridgehead atoms. The van der Waals surface area contributed by atoms with Gasteiger partial charge in [-0.05, 0) is 51.4 Å². The van der Waals surface area contributed by atoms with Crippen LogP contribution >= 0.6 is 7.82 Å². The number of carbonyl (C=O) groups is 2. The van der Waals surface area contributed by atoms with Crippen LogP contribution in [0.1, 0.15) is 219 Å². The number of ether oxygens (including phenoxy) is 2. The van der Waals surface area contributed by atoms with Crippen molar-refractivity contribution < 1.29 is 37.9 Å². The second-order valence-corrected chi connectivity index (χ2v) is 16.3. The zero-order valence-corrected chi connectivity index (χ0v) is 35.8. The van der Waals surface area contributed by atoms with E-state index in [9.17, 15) is 14.2 Å². The fourth-order valence-electron chi connectivity index (χ4n) is 6.32. The van der Waals surface area contributed by atoms with Crippen molar-refractivity contribution in [1.29, 1.82) is 0 Å². The Morgan fingerprint density at radius 3 is 1.28 bits per heavy atom. The Labute approximate surface area is 332 Å². The van der Waals surface area contributed by atoms with Crippen molar-refractivity contribution in [3.05, 3.63) is 36.5 Å². The van der Waals surface area contributed by atoms with Gasteiger partial charge in [0.1, 0.15) is 6.61 Å².